The van der Waals surface area contributed by atoms with Gasteiger partial charge in [-0.25, -0.2) is 21.6 Å². The summed E-state index contributed by atoms with van der Waals surface area (Å²) in [5.41, 5.74) is -0.322. The van der Waals surface area contributed by atoms with Gasteiger partial charge in [0.05, 0.1) is 23.7 Å². The Morgan fingerprint density at radius 2 is 1.86 bits per heavy atom. The average Bonchev–Trinajstić information content (AvgIpc) is 2.78. The van der Waals surface area contributed by atoms with E-state index in [4.69, 9.17) is 0 Å². The Balaban J connectivity index is 1.80. The second-order valence-corrected chi connectivity index (χ2v) is 7.40. The lowest BCUT2D eigenvalue weighted by molar-refractivity contribution is -0.119. The molecule has 1 aliphatic heterocycles. The van der Waals surface area contributed by atoms with E-state index in [1.54, 1.807) is 0 Å². The van der Waals surface area contributed by atoms with Gasteiger partial charge in [-0.1, -0.05) is 0 Å². The van der Waals surface area contributed by atoms with Gasteiger partial charge in [0.15, 0.2) is 21.5 Å². The predicted octanol–water partition coefficient (Wildman–Crippen LogP) is 1.07. The largest absolute Gasteiger partial charge is 0.374 e. The van der Waals surface area contributed by atoms with Crippen LogP contribution >= 0.6 is 0 Å². The number of hydrogen-bond donors (Lipinski definition) is 2. The second-order valence-electron chi connectivity index (χ2n) is 5.17. The molecule has 9 heteroatoms. The summed E-state index contributed by atoms with van der Waals surface area (Å²) in [7, 11) is -3.01. The van der Waals surface area contributed by atoms with E-state index < -0.39 is 33.2 Å². The number of anilines is 1. The van der Waals surface area contributed by atoms with E-state index in [1.807, 2.05) is 0 Å². The lowest BCUT2D eigenvalue weighted by Crippen LogP contribution is -2.34. The molecule has 2 rings (SSSR count). The Hall–Kier alpha value is -1.77. The topological polar surface area (TPSA) is 75.3 Å². The summed E-state index contributed by atoms with van der Waals surface area (Å²) >= 11 is 0. The Kier molecular flexibility index (Phi) is 4.94. The molecule has 22 heavy (non-hydrogen) atoms. The molecule has 1 atom stereocenters. The molecule has 0 saturated carbocycles. The number of sulfone groups is 1. The van der Waals surface area contributed by atoms with E-state index >= 15 is 0 Å². The number of rotatable bonds is 5. The molecule has 5 nitrogen and oxygen atoms in total. The van der Waals surface area contributed by atoms with Crippen LogP contribution in [0.1, 0.15) is 6.42 Å². The van der Waals surface area contributed by atoms with Crippen molar-refractivity contribution in [2.24, 2.45) is 5.92 Å². The zero-order chi connectivity index (χ0) is 16.3. The molecule has 1 saturated heterocycles. The van der Waals surface area contributed by atoms with Gasteiger partial charge in [0.1, 0.15) is 5.82 Å². The van der Waals surface area contributed by atoms with Gasteiger partial charge in [-0.15, -0.1) is 0 Å². The van der Waals surface area contributed by atoms with E-state index in [1.165, 1.54) is 0 Å². The molecule has 1 aliphatic rings. The first-order chi connectivity index (χ1) is 10.3. The maximum Gasteiger partial charge on any atom is 0.239 e. The zero-order valence-corrected chi connectivity index (χ0v) is 12.4. The molecule has 0 unspecified atom stereocenters. The van der Waals surface area contributed by atoms with Gasteiger partial charge < -0.3 is 10.6 Å². The molecular weight excluding hydrogens is 321 g/mol. The van der Waals surface area contributed by atoms with Crippen LogP contribution in [0.4, 0.5) is 18.9 Å². The fraction of sp³-hybridized carbons (Fsp3) is 0.462. The minimum absolute atomic E-state index is 0.0402. The summed E-state index contributed by atoms with van der Waals surface area (Å²) in [6.45, 7) is -0.124. The van der Waals surface area contributed by atoms with E-state index in [0.29, 0.717) is 18.6 Å². The number of amides is 1. The van der Waals surface area contributed by atoms with Crippen LogP contribution in [0, 0.1) is 23.4 Å². The number of halogens is 3. The van der Waals surface area contributed by atoms with Crippen LogP contribution in [0.3, 0.4) is 0 Å². The molecule has 1 amide bonds. The maximum absolute atomic E-state index is 13.3. The molecule has 2 N–H and O–H groups in total. The van der Waals surface area contributed by atoms with Crippen LogP contribution in [-0.4, -0.2) is 38.9 Å². The normalized spacial score (nSPS) is 19.9. The predicted molar refractivity (Wildman–Crippen MR) is 74.6 cm³/mol. The monoisotopic (exact) mass is 336 g/mol. The highest BCUT2D eigenvalue weighted by Crippen LogP contribution is 2.18. The van der Waals surface area contributed by atoms with Crippen molar-refractivity contribution in [3.63, 3.8) is 0 Å². The standard InChI is InChI=1S/C13H15F3N2O3S/c14-9-3-11(16)12(4-10(9)15)17-6-13(19)18-5-8-1-2-22(20,21)7-8/h3-4,8,17H,1-2,5-7H2,(H,18,19)/t8-/m1/s1. The van der Waals surface area contributed by atoms with Crippen LogP contribution in [-0.2, 0) is 14.6 Å². The molecule has 0 radical (unpaired) electrons. The molecule has 0 aliphatic carbocycles. The third-order valence-corrected chi connectivity index (χ3v) is 5.20. The van der Waals surface area contributed by atoms with Crippen molar-refractivity contribution >= 4 is 21.4 Å². The molecule has 0 aromatic heterocycles. The van der Waals surface area contributed by atoms with Gasteiger partial charge in [0.25, 0.3) is 0 Å². The Morgan fingerprint density at radius 3 is 2.50 bits per heavy atom. The van der Waals surface area contributed by atoms with Crippen molar-refractivity contribution in [1.29, 1.82) is 0 Å². The number of hydrogen-bond acceptors (Lipinski definition) is 4. The lowest BCUT2D eigenvalue weighted by atomic mass is 10.1. The number of nitrogens with one attached hydrogen (secondary N) is 2. The van der Waals surface area contributed by atoms with Gasteiger partial charge in [-0.05, 0) is 12.3 Å². The van der Waals surface area contributed by atoms with Crippen molar-refractivity contribution in [2.75, 3.05) is 29.9 Å². The minimum atomic E-state index is -3.01. The van der Waals surface area contributed by atoms with Gasteiger partial charge >= 0.3 is 0 Å². The minimum Gasteiger partial charge on any atom is -0.374 e. The summed E-state index contributed by atoms with van der Waals surface area (Å²) in [6.07, 6.45) is 0.494. The number of carbonyl (C=O) groups is 1. The molecule has 1 fully saturated rings. The van der Waals surface area contributed by atoms with Crippen molar-refractivity contribution in [3.05, 3.63) is 29.6 Å². The first-order valence-corrected chi connectivity index (χ1v) is 8.44. The highest BCUT2D eigenvalue weighted by atomic mass is 32.2. The first-order valence-electron chi connectivity index (χ1n) is 6.62. The summed E-state index contributed by atoms with van der Waals surface area (Å²) < 4.78 is 61.6. The summed E-state index contributed by atoms with van der Waals surface area (Å²) in [4.78, 5) is 11.6. The van der Waals surface area contributed by atoms with Crippen LogP contribution in [0.2, 0.25) is 0 Å². The van der Waals surface area contributed by atoms with Crippen LogP contribution < -0.4 is 10.6 Å². The highest BCUT2D eigenvalue weighted by Gasteiger charge is 2.27. The first kappa shape index (κ1) is 16.6. The summed E-state index contributed by atoms with van der Waals surface area (Å²) in [6, 6.07) is 1.01. The van der Waals surface area contributed by atoms with E-state index in [0.717, 1.165) is 0 Å². The van der Waals surface area contributed by atoms with E-state index in [9.17, 15) is 26.4 Å². The molecule has 0 spiro atoms. The Morgan fingerprint density at radius 1 is 1.18 bits per heavy atom. The Bertz CT molecular complexity index is 679. The van der Waals surface area contributed by atoms with Crippen LogP contribution in [0.15, 0.2) is 12.1 Å². The van der Waals surface area contributed by atoms with Gasteiger partial charge in [0.2, 0.25) is 5.91 Å². The summed E-state index contributed by atoms with van der Waals surface area (Å²) in [5, 5.41) is 4.88. The molecule has 0 bridgehead atoms. The van der Waals surface area contributed by atoms with Crippen LogP contribution in [0.25, 0.3) is 0 Å². The fourth-order valence-electron chi connectivity index (χ4n) is 2.19. The smallest absolute Gasteiger partial charge is 0.239 e. The number of carbonyl (C=O) groups excluding carboxylic acids is 1. The van der Waals surface area contributed by atoms with Gasteiger partial charge in [-0.2, -0.15) is 0 Å². The second kappa shape index (κ2) is 6.55. The van der Waals surface area contributed by atoms with E-state index in [-0.39, 0.29) is 36.2 Å². The van der Waals surface area contributed by atoms with Crippen LogP contribution in [0.5, 0.6) is 0 Å². The van der Waals surface area contributed by atoms with Crippen molar-refractivity contribution in [3.8, 4) is 0 Å². The maximum atomic E-state index is 13.3. The average molecular weight is 336 g/mol. The molecular formula is C13H15F3N2O3S. The lowest BCUT2D eigenvalue weighted by Gasteiger charge is -2.11. The zero-order valence-electron chi connectivity index (χ0n) is 11.5. The fourth-order valence-corrected chi connectivity index (χ4v) is 4.05. The molecule has 1 heterocycles. The van der Waals surface area contributed by atoms with Crippen molar-refractivity contribution in [2.45, 2.75) is 6.42 Å². The van der Waals surface area contributed by atoms with Crippen molar-refractivity contribution in [1.82, 2.24) is 5.32 Å². The third-order valence-electron chi connectivity index (χ3n) is 3.36. The third kappa shape index (κ3) is 4.36. The van der Waals surface area contributed by atoms with Gasteiger partial charge in [-0.3, -0.25) is 4.79 Å². The summed E-state index contributed by atoms with van der Waals surface area (Å²) in [5.74, 6) is -4.00. The SMILES string of the molecule is O=C(CNc1cc(F)c(F)cc1F)NC[C@H]1CCS(=O)(=O)C1. The highest BCUT2D eigenvalue weighted by molar-refractivity contribution is 7.91. The molecule has 122 valence electrons. The van der Waals surface area contributed by atoms with Gasteiger partial charge in [0, 0.05) is 18.7 Å². The number of benzene rings is 1. The quantitative estimate of drug-likeness (QED) is 0.789. The Labute approximate surface area is 125 Å². The molecule has 1 aromatic rings. The van der Waals surface area contributed by atoms with Crippen molar-refractivity contribution < 1.29 is 26.4 Å². The van der Waals surface area contributed by atoms with E-state index in [2.05, 4.69) is 10.6 Å². The molecule has 1 aromatic carbocycles.